The molecule has 4 atom stereocenters. The molecule has 0 aliphatic carbocycles. The van der Waals surface area contributed by atoms with E-state index >= 15 is 4.39 Å². The Labute approximate surface area is 284 Å². The number of carbonyl (C=O) groups is 1. The van der Waals surface area contributed by atoms with Crippen molar-refractivity contribution < 1.29 is 22.7 Å². The maximum atomic E-state index is 17.0. The number of hydrogen-bond donors (Lipinski definition) is 1. The third kappa shape index (κ3) is 5.04. The van der Waals surface area contributed by atoms with Gasteiger partial charge in [-0.3, -0.25) is 9.69 Å². The van der Waals surface area contributed by atoms with Crippen molar-refractivity contribution >= 4 is 60.7 Å². The number of amides is 1. The summed E-state index contributed by atoms with van der Waals surface area (Å²) in [5.74, 6) is -1.25. The third-order valence-corrected chi connectivity index (χ3v) is 11.6. The molecule has 48 heavy (non-hydrogen) atoms. The number of aromatic nitrogens is 2. The van der Waals surface area contributed by atoms with Crippen LogP contribution in [0.2, 0.25) is 5.02 Å². The molecule has 250 valence electrons. The van der Waals surface area contributed by atoms with Crippen molar-refractivity contribution in [3.8, 4) is 23.2 Å². The highest BCUT2D eigenvalue weighted by molar-refractivity contribution is 7.23. The molecular formula is C34H33ClF3N7O2S. The van der Waals surface area contributed by atoms with Crippen LogP contribution in [0.4, 0.5) is 24.0 Å². The van der Waals surface area contributed by atoms with E-state index in [1.807, 2.05) is 24.9 Å². The number of anilines is 2. The zero-order chi connectivity index (χ0) is 34.1. The number of carbonyl (C=O) groups excluding carboxylic acids is 1. The van der Waals surface area contributed by atoms with Crippen LogP contribution in [-0.4, -0.2) is 82.8 Å². The van der Waals surface area contributed by atoms with Crippen LogP contribution in [0, 0.1) is 23.0 Å². The first kappa shape index (κ1) is 32.4. The van der Waals surface area contributed by atoms with Gasteiger partial charge in [0, 0.05) is 48.9 Å². The molecule has 2 aromatic carbocycles. The van der Waals surface area contributed by atoms with Crippen LogP contribution in [0.5, 0.6) is 6.01 Å². The number of likely N-dealkylation sites (N-methyl/N-ethyl adjacent to an activating group) is 1. The average Bonchev–Trinajstić information content (AvgIpc) is 3.81. The van der Waals surface area contributed by atoms with E-state index in [0.717, 1.165) is 30.7 Å². The van der Waals surface area contributed by atoms with Crippen LogP contribution in [0.25, 0.3) is 32.1 Å². The van der Waals surface area contributed by atoms with Gasteiger partial charge in [0.25, 0.3) is 0 Å². The largest absolute Gasteiger partial charge is 0.461 e. The Morgan fingerprint density at radius 3 is 2.90 bits per heavy atom. The van der Waals surface area contributed by atoms with Gasteiger partial charge in [0.15, 0.2) is 5.82 Å². The first-order valence-electron chi connectivity index (χ1n) is 15.8. The van der Waals surface area contributed by atoms with E-state index in [-0.39, 0.29) is 72.9 Å². The van der Waals surface area contributed by atoms with Gasteiger partial charge in [-0.15, -0.1) is 11.3 Å². The number of fused-ring (bicyclic) bond motifs is 3. The second kappa shape index (κ2) is 12.1. The number of thiophene rings is 1. The fourth-order valence-electron chi connectivity index (χ4n) is 7.92. The molecule has 1 amide bonds. The van der Waals surface area contributed by atoms with E-state index in [4.69, 9.17) is 27.1 Å². The summed E-state index contributed by atoms with van der Waals surface area (Å²) in [6.07, 6.45) is 2.96. The third-order valence-electron chi connectivity index (χ3n) is 10.3. The first-order valence-corrected chi connectivity index (χ1v) is 17.0. The molecule has 2 aromatic heterocycles. The monoisotopic (exact) mass is 695 g/mol. The van der Waals surface area contributed by atoms with E-state index in [1.165, 1.54) is 18.2 Å². The molecule has 0 radical (unpaired) electrons. The first-order chi connectivity index (χ1) is 23.0. The number of nitrogens with zero attached hydrogens (tertiary/aromatic N) is 6. The van der Waals surface area contributed by atoms with E-state index in [2.05, 4.69) is 16.5 Å². The van der Waals surface area contributed by atoms with Gasteiger partial charge < -0.3 is 20.3 Å². The second-order valence-electron chi connectivity index (χ2n) is 12.8. The van der Waals surface area contributed by atoms with Crippen LogP contribution in [0.1, 0.15) is 38.2 Å². The Morgan fingerprint density at radius 2 is 2.15 bits per heavy atom. The predicted octanol–water partition coefficient (Wildman–Crippen LogP) is 6.46. The van der Waals surface area contributed by atoms with Crippen molar-refractivity contribution in [2.45, 2.75) is 56.4 Å². The van der Waals surface area contributed by atoms with Crippen molar-refractivity contribution in [1.29, 1.82) is 5.26 Å². The van der Waals surface area contributed by atoms with Crippen LogP contribution < -0.4 is 15.4 Å². The second-order valence-corrected chi connectivity index (χ2v) is 14.3. The molecule has 2 unspecified atom stereocenters. The summed E-state index contributed by atoms with van der Waals surface area (Å²) in [5, 5.41) is 10.4. The number of rotatable bonds is 7. The molecule has 5 heterocycles. The van der Waals surface area contributed by atoms with Gasteiger partial charge in [0.05, 0.1) is 26.9 Å². The fraction of sp³-hybridized carbons (Fsp3) is 0.412. The topological polar surface area (TPSA) is 112 Å². The summed E-state index contributed by atoms with van der Waals surface area (Å²) >= 11 is 7.74. The number of halogens is 4. The zero-order valence-electron chi connectivity index (χ0n) is 26.4. The number of ether oxygens (including phenoxy) is 1. The molecule has 3 aliphatic rings. The van der Waals surface area contributed by atoms with E-state index in [0.29, 0.717) is 37.1 Å². The molecule has 0 saturated carbocycles. The lowest BCUT2D eigenvalue weighted by Gasteiger charge is -2.33. The maximum absolute atomic E-state index is 17.0. The van der Waals surface area contributed by atoms with Gasteiger partial charge in [-0.2, -0.15) is 15.2 Å². The maximum Gasteiger partial charge on any atom is 0.319 e. The van der Waals surface area contributed by atoms with Gasteiger partial charge in [0.1, 0.15) is 41.0 Å². The molecule has 14 heteroatoms. The summed E-state index contributed by atoms with van der Waals surface area (Å²) in [5.41, 5.74) is 5.62. The molecule has 4 aromatic rings. The van der Waals surface area contributed by atoms with Crippen LogP contribution in [-0.2, 0) is 4.79 Å². The number of nitriles is 1. The summed E-state index contributed by atoms with van der Waals surface area (Å²) in [4.78, 5) is 27.5. The molecule has 0 bridgehead atoms. The van der Waals surface area contributed by atoms with Gasteiger partial charge in [-0.1, -0.05) is 24.2 Å². The molecule has 7 rings (SSSR count). The highest BCUT2D eigenvalue weighted by Crippen LogP contribution is 2.46. The van der Waals surface area contributed by atoms with Gasteiger partial charge in [-0.05, 0) is 56.5 Å². The van der Waals surface area contributed by atoms with Crippen LogP contribution in [0.3, 0.4) is 0 Å². The van der Waals surface area contributed by atoms with Crippen molar-refractivity contribution in [1.82, 2.24) is 19.8 Å². The van der Waals surface area contributed by atoms with Crippen molar-refractivity contribution in [3.05, 3.63) is 53.1 Å². The SMILES string of the molecule is C=CC(=O)N1CCC(N(C)c2nc(OC[C@]34CCCN3C[C@H](F)C4)nc3c(F)c(-c4ccc(F)c5sc(N)c(C#N)c45)c(Cl)cc23)C1C. The summed E-state index contributed by atoms with van der Waals surface area (Å²) in [7, 11) is 1.81. The Morgan fingerprint density at radius 1 is 1.35 bits per heavy atom. The minimum absolute atomic E-state index is 0.00292. The molecule has 9 nitrogen and oxygen atoms in total. The van der Waals surface area contributed by atoms with Crippen molar-refractivity contribution in [3.63, 3.8) is 0 Å². The zero-order valence-corrected chi connectivity index (χ0v) is 28.0. The van der Waals surface area contributed by atoms with Gasteiger partial charge >= 0.3 is 6.01 Å². The summed E-state index contributed by atoms with van der Waals surface area (Å²) < 4.78 is 52.8. The molecular weight excluding hydrogens is 663 g/mol. The number of likely N-dealkylation sites (tertiary alicyclic amines) is 1. The summed E-state index contributed by atoms with van der Waals surface area (Å²) in [6, 6.07) is 5.62. The number of alkyl halides is 1. The molecule has 0 spiro atoms. The highest BCUT2D eigenvalue weighted by Gasteiger charge is 2.49. The number of nitrogens with two attached hydrogens (primary N) is 1. The molecule has 3 saturated heterocycles. The average molecular weight is 696 g/mol. The molecule has 3 aliphatic heterocycles. The standard InChI is InChI=1S/C34H33ClF3N7O2S/c1-4-25(46)45-11-8-24(17(45)2)43(3)32-20-12-22(35)27(19-6-7-23(37)30-26(19)21(14-39)31(40)48-30)28(38)29(20)41-33(42-32)47-16-34-9-5-10-44(34)15-18(36)13-34/h4,6-7,12,17-18,24H,1,5,8-11,13,15-16,40H2,2-3H3/t17?,18-,24?,34-/m1/s1. The smallest absolute Gasteiger partial charge is 0.319 e. The lowest BCUT2D eigenvalue weighted by molar-refractivity contribution is -0.126. The van der Waals surface area contributed by atoms with E-state index < -0.39 is 23.3 Å². The minimum Gasteiger partial charge on any atom is -0.461 e. The predicted molar refractivity (Wildman–Crippen MR) is 181 cm³/mol. The molecule has 3 fully saturated rings. The minimum atomic E-state index is -0.961. The van der Waals surface area contributed by atoms with Crippen molar-refractivity contribution in [2.24, 2.45) is 0 Å². The fourth-order valence-corrected chi connectivity index (χ4v) is 9.17. The van der Waals surface area contributed by atoms with Gasteiger partial charge in [-0.25, -0.2) is 13.2 Å². The highest BCUT2D eigenvalue weighted by atomic mass is 35.5. The van der Waals surface area contributed by atoms with E-state index in [9.17, 15) is 18.8 Å². The van der Waals surface area contributed by atoms with E-state index in [1.54, 1.807) is 11.0 Å². The van der Waals surface area contributed by atoms with Crippen LogP contribution in [0.15, 0.2) is 30.9 Å². The Hall–Kier alpha value is -4.12. The van der Waals surface area contributed by atoms with Crippen molar-refractivity contribution in [2.75, 3.05) is 43.9 Å². The number of hydrogen-bond acceptors (Lipinski definition) is 9. The Balaban J connectivity index is 1.38. The normalized spacial score (nSPS) is 23.9. The Bertz CT molecular complexity index is 2040. The van der Waals surface area contributed by atoms with Gasteiger partial charge in [0.2, 0.25) is 5.91 Å². The van der Waals surface area contributed by atoms with Crippen LogP contribution >= 0.6 is 22.9 Å². The Kier molecular flexibility index (Phi) is 8.17. The quantitative estimate of drug-likeness (QED) is 0.219. The number of benzene rings is 2. The molecule has 2 N–H and O–H groups in total. The lowest BCUT2D eigenvalue weighted by atomic mass is 9.95. The lowest BCUT2D eigenvalue weighted by Crippen LogP contribution is -2.44. The summed E-state index contributed by atoms with van der Waals surface area (Å²) in [6.45, 7) is 7.30. The number of nitrogen functional groups attached to an aromatic ring is 1.